The summed E-state index contributed by atoms with van der Waals surface area (Å²) in [5, 5.41) is 7.64. The summed E-state index contributed by atoms with van der Waals surface area (Å²) in [5.41, 5.74) is 1.52. The van der Waals surface area contributed by atoms with E-state index in [0.29, 0.717) is 29.1 Å². The first kappa shape index (κ1) is 17.0. The van der Waals surface area contributed by atoms with Gasteiger partial charge in [-0.1, -0.05) is 16.8 Å². The molecular weight excluding hydrogens is 326 g/mol. The van der Waals surface area contributed by atoms with Crippen molar-refractivity contribution in [1.82, 2.24) is 15.4 Å². The summed E-state index contributed by atoms with van der Waals surface area (Å²) in [6.45, 7) is 5.08. The van der Waals surface area contributed by atoms with Crippen LogP contribution in [0.15, 0.2) is 34.9 Å². The highest BCUT2D eigenvalue weighted by Crippen LogP contribution is 2.22. The minimum absolute atomic E-state index is 0.0306. The van der Waals surface area contributed by atoms with Crippen molar-refractivity contribution < 1.29 is 9.32 Å². The van der Waals surface area contributed by atoms with Crippen LogP contribution >= 0.6 is 11.6 Å². The number of likely N-dealkylation sites (tertiary alicyclic amines) is 1. The van der Waals surface area contributed by atoms with E-state index in [1.807, 2.05) is 12.1 Å². The highest BCUT2D eigenvalue weighted by atomic mass is 35.5. The zero-order valence-corrected chi connectivity index (χ0v) is 14.6. The first-order valence-electron chi connectivity index (χ1n) is 8.34. The van der Waals surface area contributed by atoms with Crippen LogP contribution in [0.4, 0.5) is 0 Å². The second-order valence-electron chi connectivity index (χ2n) is 6.26. The number of nitrogens with one attached hydrogen (secondary N) is 1. The van der Waals surface area contributed by atoms with E-state index in [-0.39, 0.29) is 12.3 Å². The average molecular weight is 348 g/mol. The Morgan fingerprint density at radius 1 is 1.33 bits per heavy atom. The number of carbonyl (C=O) groups is 1. The number of carbonyl (C=O) groups excluding carboxylic acids is 1. The third-order valence-corrected chi connectivity index (χ3v) is 4.64. The van der Waals surface area contributed by atoms with Crippen molar-refractivity contribution in [1.29, 1.82) is 0 Å². The fourth-order valence-electron chi connectivity index (χ4n) is 2.95. The van der Waals surface area contributed by atoms with Crippen LogP contribution in [-0.2, 0) is 11.2 Å². The topological polar surface area (TPSA) is 58.4 Å². The van der Waals surface area contributed by atoms with Crippen molar-refractivity contribution in [2.24, 2.45) is 0 Å². The molecule has 0 radical (unpaired) electrons. The summed E-state index contributed by atoms with van der Waals surface area (Å²) in [5.74, 6) is 0.608. The molecule has 24 heavy (non-hydrogen) atoms. The minimum Gasteiger partial charge on any atom is -0.356 e. The number of halogens is 1. The van der Waals surface area contributed by atoms with Gasteiger partial charge in [0.1, 0.15) is 0 Å². The smallest absolute Gasteiger partial charge is 0.226 e. The van der Waals surface area contributed by atoms with Crippen LogP contribution in [-0.4, -0.2) is 41.6 Å². The van der Waals surface area contributed by atoms with Gasteiger partial charge in [0.25, 0.3) is 0 Å². The number of aromatic nitrogens is 1. The van der Waals surface area contributed by atoms with Crippen LogP contribution in [0.3, 0.4) is 0 Å². The number of amides is 1. The Morgan fingerprint density at radius 2 is 2.04 bits per heavy atom. The molecule has 5 nitrogen and oxygen atoms in total. The number of rotatable bonds is 6. The molecule has 3 rings (SSSR count). The Morgan fingerprint density at radius 3 is 2.75 bits per heavy atom. The van der Waals surface area contributed by atoms with Crippen molar-refractivity contribution in [2.45, 2.75) is 32.2 Å². The molecule has 1 saturated heterocycles. The van der Waals surface area contributed by atoms with Crippen molar-refractivity contribution in [3.8, 4) is 11.3 Å². The Bertz CT molecular complexity index is 678. The van der Waals surface area contributed by atoms with Gasteiger partial charge in [0.15, 0.2) is 5.76 Å². The summed E-state index contributed by atoms with van der Waals surface area (Å²) >= 11 is 5.88. The number of nitrogens with zero attached hydrogens (tertiary/aromatic N) is 2. The first-order chi connectivity index (χ1) is 11.6. The molecule has 0 bridgehead atoms. The van der Waals surface area contributed by atoms with Crippen molar-refractivity contribution in [3.05, 3.63) is 41.0 Å². The molecule has 1 atom stereocenters. The van der Waals surface area contributed by atoms with Gasteiger partial charge in [-0.15, -0.1) is 0 Å². The molecule has 0 spiro atoms. The van der Waals surface area contributed by atoms with Gasteiger partial charge >= 0.3 is 0 Å². The largest absolute Gasteiger partial charge is 0.356 e. The van der Waals surface area contributed by atoms with Crippen molar-refractivity contribution >= 4 is 17.5 Å². The number of benzene rings is 1. The Hall–Kier alpha value is -1.85. The lowest BCUT2D eigenvalue weighted by Crippen LogP contribution is -2.41. The van der Waals surface area contributed by atoms with Gasteiger partial charge in [-0.3, -0.25) is 9.69 Å². The van der Waals surface area contributed by atoms with Gasteiger partial charge in [0, 0.05) is 29.2 Å². The predicted octanol–water partition coefficient (Wildman–Crippen LogP) is 3.14. The molecule has 1 fully saturated rings. The maximum atomic E-state index is 12.1. The standard InChI is InChI=1S/C18H22ClN3O2/c1-13(22-8-2-3-9-22)12-20-18(23)11-16-10-17(24-21-16)14-4-6-15(19)7-5-14/h4-7,10,13H,2-3,8-9,11-12H2,1H3,(H,20,23). The SMILES string of the molecule is CC(CNC(=O)Cc1cc(-c2ccc(Cl)cc2)on1)N1CCCC1. The molecule has 6 heteroatoms. The average Bonchev–Trinajstić information content (AvgIpc) is 3.25. The van der Waals surface area contributed by atoms with Crippen LogP contribution in [0.25, 0.3) is 11.3 Å². The van der Waals surface area contributed by atoms with Crippen molar-refractivity contribution in [2.75, 3.05) is 19.6 Å². The molecule has 2 heterocycles. The fraction of sp³-hybridized carbons (Fsp3) is 0.444. The normalized spacial score (nSPS) is 16.2. The third-order valence-electron chi connectivity index (χ3n) is 4.39. The lowest BCUT2D eigenvalue weighted by molar-refractivity contribution is -0.120. The second-order valence-corrected chi connectivity index (χ2v) is 6.70. The molecule has 0 saturated carbocycles. The van der Waals surface area contributed by atoms with E-state index in [0.717, 1.165) is 18.7 Å². The molecule has 2 aromatic rings. The summed E-state index contributed by atoms with van der Waals surface area (Å²) in [4.78, 5) is 14.5. The van der Waals surface area contributed by atoms with E-state index in [1.165, 1.54) is 12.8 Å². The van der Waals surface area contributed by atoms with Gasteiger partial charge in [-0.25, -0.2) is 0 Å². The van der Waals surface area contributed by atoms with Crippen LogP contribution < -0.4 is 5.32 Å². The molecule has 1 aromatic heterocycles. The van der Waals surface area contributed by atoms with Crippen LogP contribution in [0, 0.1) is 0 Å². The van der Waals surface area contributed by atoms with Crippen LogP contribution in [0.5, 0.6) is 0 Å². The summed E-state index contributed by atoms with van der Waals surface area (Å²) in [6.07, 6.45) is 2.74. The van der Waals surface area contributed by atoms with E-state index in [4.69, 9.17) is 16.1 Å². The second kappa shape index (κ2) is 7.81. The predicted molar refractivity (Wildman–Crippen MR) is 93.9 cm³/mol. The zero-order valence-electron chi connectivity index (χ0n) is 13.8. The molecule has 1 aromatic carbocycles. The van der Waals surface area contributed by atoms with Crippen LogP contribution in [0.1, 0.15) is 25.5 Å². The van der Waals surface area contributed by atoms with E-state index >= 15 is 0 Å². The summed E-state index contributed by atoms with van der Waals surface area (Å²) < 4.78 is 5.32. The summed E-state index contributed by atoms with van der Waals surface area (Å²) in [6, 6.07) is 9.50. The molecule has 1 amide bonds. The quantitative estimate of drug-likeness (QED) is 0.872. The van der Waals surface area contributed by atoms with Crippen molar-refractivity contribution in [3.63, 3.8) is 0 Å². The van der Waals surface area contributed by atoms with Gasteiger partial charge < -0.3 is 9.84 Å². The monoisotopic (exact) mass is 347 g/mol. The molecule has 128 valence electrons. The molecule has 1 aliphatic heterocycles. The zero-order chi connectivity index (χ0) is 16.9. The first-order valence-corrected chi connectivity index (χ1v) is 8.72. The number of hydrogen-bond donors (Lipinski definition) is 1. The molecule has 1 unspecified atom stereocenters. The third kappa shape index (κ3) is 4.36. The summed E-state index contributed by atoms with van der Waals surface area (Å²) in [7, 11) is 0. The van der Waals surface area contributed by atoms with Crippen LogP contribution in [0.2, 0.25) is 5.02 Å². The molecule has 1 N–H and O–H groups in total. The van der Waals surface area contributed by atoms with E-state index in [2.05, 4.69) is 22.3 Å². The van der Waals surface area contributed by atoms with E-state index in [1.54, 1.807) is 18.2 Å². The minimum atomic E-state index is -0.0306. The molecule has 1 aliphatic rings. The van der Waals surface area contributed by atoms with E-state index in [9.17, 15) is 4.79 Å². The Balaban J connectivity index is 1.50. The fourth-order valence-corrected chi connectivity index (χ4v) is 3.07. The van der Waals surface area contributed by atoms with E-state index < -0.39 is 0 Å². The highest BCUT2D eigenvalue weighted by molar-refractivity contribution is 6.30. The number of hydrogen-bond acceptors (Lipinski definition) is 4. The lowest BCUT2D eigenvalue weighted by atomic mass is 10.1. The van der Waals surface area contributed by atoms with Gasteiger partial charge in [-0.05, 0) is 57.1 Å². The maximum absolute atomic E-state index is 12.1. The highest BCUT2D eigenvalue weighted by Gasteiger charge is 2.18. The van der Waals surface area contributed by atoms with Gasteiger partial charge in [0.05, 0.1) is 12.1 Å². The van der Waals surface area contributed by atoms with Gasteiger partial charge in [0.2, 0.25) is 5.91 Å². The Kier molecular flexibility index (Phi) is 5.53. The molecule has 0 aliphatic carbocycles. The van der Waals surface area contributed by atoms with Gasteiger partial charge in [-0.2, -0.15) is 0 Å². The Labute approximate surface area is 147 Å². The maximum Gasteiger partial charge on any atom is 0.226 e. The lowest BCUT2D eigenvalue weighted by Gasteiger charge is -2.23. The molecular formula is C18H22ClN3O2.